The van der Waals surface area contributed by atoms with E-state index in [1.54, 1.807) is 24.0 Å². The maximum Gasteiger partial charge on any atom is 0.250 e. The van der Waals surface area contributed by atoms with Crippen LogP contribution in [0.3, 0.4) is 0 Å². The van der Waals surface area contributed by atoms with E-state index >= 15 is 0 Å². The molecule has 1 atom stereocenters. The van der Waals surface area contributed by atoms with Gasteiger partial charge in [0.1, 0.15) is 5.15 Å². The number of nitrogens with zero attached hydrogens (tertiary/aromatic N) is 3. The van der Waals surface area contributed by atoms with Crippen LogP contribution in [-0.2, 0) is 20.8 Å². The molecule has 0 aliphatic carbocycles. The smallest absolute Gasteiger partial charge is 0.250 e. The highest BCUT2D eigenvalue weighted by Crippen LogP contribution is 2.25. The second-order valence-electron chi connectivity index (χ2n) is 6.20. The van der Waals surface area contributed by atoms with Crippen LogP contribution in [0.25, 0.3) is 0 Å². The van der Waals surface area contributed by atoms with E-state index in [1.807, 2.05) is 19.9 Å². The lowest BCUT2D eigenvalue weighted by atomic mass is 10.2. The van der Waals surface area contributed by atoms with Gasteiger partial charge < -0.3 is 14.4 Å². The van der Waals surface area contributed by atoms with Crippen molar-refractivity contribution in [2.24, 2.45) is 4.99 Å². The zero-order valence-corrected chi connectivity index (χ0v) is 15.3. The van der Waals surface area contributed by atoms with Crippen LogP contribution in [0.4, 0.5) is 0 Å². The molecule has 2 aliphatic rings. The number of carbonyl (C=O) groups is 1. The summed E-state index contributed by atoms with van der Waals surface area (Å²) in [6.07, 6.45) is 1.76. The number of thioether (sulfide) groups is 1. The Kier molecular flexibility index (Phi) is 5.44. The molecular weight excluding hydrogens is 350 g/mol. The SMILES string of the molecule is CC1(C)OCC(CC(=O)N=C2SCCN2Cc2ccc(Cl)nc2)O1. The number of aliphatic imine (C=N–C) groups is 1. The number of pyridine rings is 1. The number of hydrogen-bond acceptors (Lipinski definition) is 5. The molecule has 2 aliphatic heterocycles. The van der Waals surface area contributed by atoms with Gasteiger partial charge in [-0.2, -0.15) is 4.99 Å². The van der Waals surface area contributed by atoms with Crippen molar-refractivity contribution in [3.8, 4) is 0 Å². The molecule has 6 nitrogen and oxygen atoms in total. The van der Waals surface area contributed by atoms with Crippen LogP contribution in [0.2, 0.25) is 5.15 Å². The third kappa shape index (κ3) is 4.69. The normalized spacial score (nSPS) is 24.7. The molecule has 3 heterocycles. The van der Waals surface area contributed by atoms with Gasteiger partial charge >= 0.3 is 0 Å². The van der Waals surface area contributed by atoms with Crippen LogP contribution in [0.15, 0.2) is 23.3 Å². The van der Waals surface area contributed by atoms with Gasteiger partial charge in [0.05, 0.1) is 19.1 Å². The third-order valence-corrected chi connectivity index (χ3v) is 4.93. The van der Waals surface area contributed by atoms with Crippen molar-refractivity contribution >= 4 is 34.4 Å². The minimum absolute atomic E-state index is 0.176. The topological polar surface area (TPSA) is 64.0 Å². The fraction of sp³-hybridized carbons (Fsp3) is 0.562. The van der Waals surface area contributed by atoms with Gasteiger partial charge in [0.2, 0.25) is 0 Å². The van der Waals surface area contributed by atoms with E-state index in [0.717, 1.165) is 23.0 Å². The first-order valence-corrected chi connectivity index (χ1v) is 9.19. The molecule has 1 unspecified atom stereocenters. The van der Waals surface area contributed by atoms with E-state index < -0.39 is 5.79 Å². The quantitative estimate of drug-likeness (QED) is 0.760. The second-order valence-corrected chi connectivity index (χ2v) is 7.65. The highest BCUT2D eigenvalue weighted by Gasteiger charge is 2.34. The summed E-state index contributed by atoms with van der Waals surface area (Å²) in [4.78, 5) is 22.7. The molecule has 3 rings (SSSR count). The van der Waals surface area contributed by atoms with Crippen LogP contribution in [0.5, 0.6) is 0 Å². The minimum Gasteiger partial charge on any atom is -0.348 e. The lowest BCUT2D eigenvalue weighted by Gasteiger charge is -2.18. The molecule has 8 heteroatoms. The molecule has 24 heavy (non-hydrogen) atoms. The predicted molar refractivity (Wildman–Crippen MR) is 94.1 cm³/mol. The molecular formula is C16H20ClN3O3S. The molecule has 0 spiro atoms. The van der Waals surface area contributed by atoms with Gasteiger partial charge in [-0.05, 0) is 25.5 Å². The Hall–Kier alpha value is -1.15. The molecule has 130 valence electrons. The van der Waals surface area contributed by atoms with Crippen molar-refractivity contribution in [2.45, 2.75) is 38.7 Å². The first kappa shape index (κ1) is 17.7. The Labute approximate surface area is 150 Å². The largest absolute Gasteiger partial charge is 0.348 e. The van der Waals surface area contributed by atoms with Gasteiger partial charge in [0.25, 0.3) is 5.91 Å². The van der Waals surface area contributed by atoms with Gasteiger partial charge in [0, 0.05) is 25.0 Å². The summed E-state index contributed by atoms with van der Waals surface area (Å²) < 4.78 is 11.1. The Balaban J connectivity index is 1.58. The van der Waals surface area contributed by atoms with Crippen molar-refractivity contribution < 1.29 is 14.3 Å². The number of aromatic nitrogens is 1. The average molecular weight is 370 g/mol. The number of rotatable bonds is 4. The lowest BCUT2D eigenvalue weighted by Crippen LogP contribution is -2.26. The molecule has 2 saturated heterocycles. The second kappa shape index (κ2) is 7.39. The molecule has 1 aromatic rings. The van der Waals surface area contributed by atoms with Crippen molar-refractivity contribution in [3.63, 3.8) is 0 Å². The fourth-order valence-electron chi connectivity index (χ4n) is 2.61. The molecule has 0 radical (unpaired) electrons. The van der Waals surface area contributed by atoms with Crippen LogP contribution in [0, 0.1) is 0 Å². The Morgan fingerprint density at radius 3 is 3.04 bits per heavy atom. The van der Waals surface area contributed by atoms with Crippen LogP contribution in [-0.4, -0.2) is 51.8 Å². The molecule has 1 amide bonds. The summed E-state index contributed by atoms with van der Waals surface area (Å²) in [6, 6.07) is 3.70. The van der Waals surface area contributed by atoms with E-state index in [2.05, 4.69) is 14.9 Å². The molecule has 2 fully saturated rings. The lowest BCUT2D eigenvalue weighted by molar-refractivity contribution is -0.142. The zero-order valence-electron chi connectivity index (χ0n) is 13.7. The highest BCUT2D eigenvalue weighted by atomic mass is 35.5. The van der Waals surface area contributed by atoms with Crippen LogP contribution < -0.4 is 0 Å². The first-order valence-electron chi connectivity index (χ1n) is 7.83. The van der Waals surface area contributed by atoms with Crippen LogP contribution in [0.1, 0.15) is 25.8 Å². The summed E-state index contributed by atoms with van der Waals surface area (Å²) >= 11 is 7.40. The third-order valence-electron chi connectivity index (χ3n) is 3.71. The van der Waals surface area contributed by atoms with Gasteiger partial charge in [-0.25, -0.2) is 4.98 Å². The van der Waals surface area contributed by atoms with E-state index in [-0.39, 0.29) is 18.4 Å². The number of amidine groups is 1. The summed E-state index contributed by atoms with van der Waals surface area (Å²) in [5.74, 6) is 0.127. The van der Waals surface area contributed by atoms with Crippen molar-refractivity contribution in [1.82, 2.24) is 9.88 Å². The van der Waals surface area contributed by atoms with E-state index in [1.165, 1.54) is 0 Å². The molecule has 0 saturated carbocycles. The number of hydrogen-bond donors (Lipinski definition) is 0. The standard InChI is InChI=1S/C16H20ClN3O3S/c1-16(2)22-10-12(23-16)7-14(21)19-15-20(5-6-24-15)9-11-3-4-13(17)18-8-11/h3-4,8,12H,5-7,9-10H2,1-2H3. The van der Waals surface area contributed by atoms with E-state index in [0.29, 0.717) is 18.3 Å². The maximum atomic E-state index is 12.2. The summed E-state index contributed by atoms with van der Waals surface area (Å²) in [6.45, 7) is 5.64. The van der Waals surface area contributed by atoms with Gasteiger partial charge in [-0.15, -0.1) is 0 Å². The van der Waals surface area contributed by atoms with Crippen molar-refractivity contribution in [2.75, 3.05) is 18.9 Å². The van der Waals surface area contributed by atoms with Crippen LogP contribution >= 0.6 is 23.4 Å². The van der Waals surface area contributed by atoms with Crippen molar-refractivity contribution in [1.29, 1.82) is 0 Å². The van der Waals surface area contributed by atoms with Crippen molar-refractivity contribution in [3.05, 3.63) is 29.0 Å². The molecule has 1 aromatic heterocycles. The fourth-order valence-corrected chi connectivity index (χ4v) is 3.73. The summed E-state index contributed by atoms with van der Waals surface area (Å²) in [7, 11) is 0. The maximum absolute atomic E-state index is 12.2. The molecule has 0 N–H and O–H groups in total. The number of halogens is 1. The minimum atomic E-state index is -0.617. The van der Waals surface area contributed by atoms with Gasteiger partial charge in [-0.1, -0.05) is 29.4 Å². The average Bonchev–Trinajstić information content (AvgIpc) is 3.08. The number of carbonyl (C=O) groups excluding carboxylic acids is 1. The number of ether oxygens (including phenoxy) is 2. The summed E-state index contributed by atoms with van der Waals surface area (Å²) in [5, 5.41) is 1.23. The zero-order chi connectivity index (χ0) is 17.2. The Morgan fingerprint density at radius 2 is 2.38 bits per heavy atom. The molecule has 0 aromatic carbocycles. The Morgan fingerprint density at radius 1 is 1.54 bits per heavy atom. The monoisotopic (exact) mass is 369 g/mol. The van der Waals surface area contributed by atoms with E-state index in [4.69, 9.17) is 21.1 Å². The van der Waals surface area contributed by atoms with Gasteiger partial charge in [-0.3, -0.25) is 4.79 Å². The molecule has 0 bridgehead atoms. The summed E-state index contributed by atoms with van der Waals surface area (Å²) in [5.41, 5.74) is 1.04. The Bertz CT molecular complexity index is 636. The highest BCUT2D eigenvalue weighted by molar-refractivity contribution is 8.14. The predicted octanol–water partition coefficient (Wildman–Crippen LogP) is 2.71. The number of amides is 1. The first-order chi connectivity index (χ1) is 11.4. The van der Waals surface area contributed by atoms with Gasteiger partial charge in [0.15, 0.2) is 11.0 Å². The van der Waals surface area contributed by atoms with E-state index in [9.17, 15) is 4.79 Å².